The van der Waals surface area contributed by atoms with Gasteiger partial charge in [-0.05, 0) is 48.9 Å². The van der Waals surface area contributed by atoms with Crippen molar-refractivity contribution in [2.75, 3.05) is 25.1 Å². The van der Waals surface area contributed by atoms with Crippen LogP contribution in [0.3, 0.4) is 0 Å². The summed E-state index contributed by atoms with van der Waals surface area (Å²) < 4.78 is 17.5. The minimum absolute atomic E-state index is 0.242. The molecule has 0 bridgehead atoms. The number of anilines is 1. The number of amides is 1. The van der Waals surface area contributed by atoms with Gasteiger partial charge in [0.15, 0.2) is 16.6 Å². The molecule has 1 aromatic heterocycles. The van der Waals surface area contributed by atoms with Gasteiger partial charge < -0.3 is 14.2 Å². The average Bonchev–Trinajstić information content (AvgIpc) is 3.08. The second-order valence-electron chi connectivity index (χ2n) is 5.81. The summed E-state index contributed by atoms with van der Waals surface area (Å²) in [6.45, 7) is 3.64. The van der Waals surface area contributed by atoms with Crippen molar-refractivity contribution >= 4 is 38.7 Å². The third-order valence-electron chi connectivity index (χ3n) is 3.89. The molecule has 0 atom stereocenters. The zero-order valence-electron chi connectivity index (χ0n) is 14.7. The average molecular weight is 382 g/mol. The van der Waals surface area contributed by atoms with Gasteiger partial charge in [-0.2, -0.15) is 0 Å². The van der Waals surface area contributed by atoms with E-state index in [-0.39, 0.29) is 5.91 Å². The molecule has 2 heterocycles. The maximum atomic E-state index is 12.2. The van der Waals surface area contributed by atoms with Crippen molar-refractivity contribution in [3.8, 4) is 17.2 Å². The number of hydrogen-bond donors (Lipinski definition) is 1. The van der Waals surface area contributed by atoms with Gasteiger partial charge >= 0.3 is 0 Å². The molecule has 0 fully saturated rings. The van der Waals surface area contributed by atoms with E-state index in [0.717, 1.165) is 27.3 Å². The summed E-state index contributed by atoms with van der Waals surface area (Å²) in [6.07, 6.45) is 3.21. The van der Waals surface area contributed by atoms with E-state index in [4.69, 9.17) is 14.2 Å². The Morgan fingerprint density at radius 2 is 2.07 bits per heavy atom. The molecule has 0 radical (unpaired) electrons. The fourth-order valence-corrected chi connectivity index (χ4v) is 3.59. The summed E-state index contributed by atoms with van der Waals surface area (Å²) in [6, 6.07) is 11.3. The molecule has 0 saturated heterocycles. The van der Waals surface area contributed by atoms with Crippen molar-refractivity contribution in [2.45, 2.75) is 6.92 Å². The number of nitrogens with one attached hydrogen (secondary N) is 1. The summed E-state index contributed by atoms with van der Waals surface area (Å²) >= 11 is 1.41. The van der Waals surface area contributed by atoms with Gasteiger partial charge in [0.25, 0.3) is 0 Å². The number of aromatic nitrogens is 1. The van der Waals surface area contributed by atoms with E-state index in [1.165, 1.54) is 17.4 Å². The molecule has 27 heavy (non-hydrogen) atoms. The van der Waals surface area contributed by atoms with Crippen LogP contribution in [0.2, 0.25) is 0 Å². The molecule has 0 spiro atoms. The highest BCUT2D eigenvalue weighted by Gasteiger charge is 2.11. The number of benzene rings is 2. The molecule has 3 aromatic rings. The normalized spacial score (nSPS) is 13.1. The molecule has 1 aliphatic rings. The Balaban J connectivity index is 1.44. The highest BCUT2D eigenvalue weighted by molar-refractivity contribution is 7.22. The summed E-state index contributed by atoms with van der Waals surface area (Å²) in [5.74, 6) is 1.97. The molecule has 1 amide bonds. The van der Waals surface area contributed by atoms with Crippen molar-refractivity contribution in [2.24, 2.45) is 0 Å². The van der Waals surface area contributed by atoms with Crippen molar-refractivity contribution < 1.29 is 19.0 Å². The van der Waals surface area contributed by atoms with Gasteiger partial charge in [-0.25, -0.2) is 4.98 Å². The van der Waals surface area contributed by atoms with Crippen molar-refractivity contribution in [1.29, 1.82) is 0 Å². The Morgan fingerprint density at radius 1 is 1.22 bits per heavy atom. The first-order valence-corrected chi connectivity index (χ1v) is 9.45. The van der Waals surface area contributed by atoms with Crippen LogP contribution in [-0.2, 0) is 4.79 Å². The van der Waals surface area contributed by atoms with Crippen LogP contribution in [0, 0.1) is 0 Å². The lowest BCUT2D eigenvalue weighted by molar-refractivity contribution is -0.111. The third-order valence-corrected chi connectivity index (χ3v) is 4.83. The monoisotopic (exact) mass is 382 g/mol. The lowest BCUT2D eigenvalue weighted by Gasteiger charge is -2.18. The Hall–Kier alpha value is -3.06. The van der Waals surface area contributed by atoms with Gasteiger partial charge in [-0.1, -0.05) is 17.4 Å². The topological polar surface area (TPSA) is 69.7 Å². The number of hydrogen-bond acceptors (Lipinski definition) is 6. The van der Waals surface area contributed by atoms with Crippen molar-refractivity contribution in [1.82, 2.24) is 4.98 Å². The van der Waals surface area contributed by atoms with Crippen LogP contribution in [-0.4, -0.2) is 30.7 Å². The summed E-state index contributed by atoms with van der Waals surface area (Å²) in [7, 11) is 0. The largest absolute Gasteiger partial charge is 0.494 e. The fraction of sp³-hybridized carbons (Fsp3) is 0.200. The maximum Gasteiger partial charge on any atom is 0.250 e. The first-order valence-electron chi connectivity index (χ1n) is 8.63. The number of nitrogens with zero attached hydrogens (tertiary/aromatic N) is 1. The van der Waals surface area contributed by atoms with Gasteiger partial charge in [0.2, 0.25) is 5.91 Å². The fourth-order valence-electron chi connectivity index (χ4n) is 2.70. The Labute approximate surface area is 160 Å². The van der Waals surface area contributed by atoms with Gasteiger partial charge in [-0.15, -0.1) is 0 Å². The van der Waals surface area contributed by atoms with E-state index in [1.54, 1.807) is 6.08 Å². The highest BCUT2D eigenvalue weighted by atomic mass is 32.1. The van der Waals surface area contributed by atoms with Crippen LogP contribution >= 0.6 is 11.3 Å². The van der Waals surface area contributed by atoms with Crippen molar-refractivity contribution in [3.63, 3.8) is 0 Å². The van der Waals surface area contributed by atoms with E-state index in [9.17, 15) is 4.79 Å². The Kier molecular flexibility index (Phi) is 4.93. The van der Waals surface area contributed by atoms with Crippen LogP contribution in [0.4, 0.5) is 5.13 Å². The summed E-state index contributed by atoms with van der Waals surface area (Å²) in [4.78, 5) is 16.6. The number of ether oxygens (including phenoxy) is 3. The number of rotatable bonds is 5. The molecule has 6 nitrogen and oxygen atoms in total. The second kappa shape index (κ2) is 7.67. The molecule has 0 aliphatic carbocycles. The summed E-state index contributed by atoms with van der Waals surface area (Å²) in [5, 5.41) is 3.35. The van der Waals surface area contributed by atoms with E-state index in [0.29, 0.717) is 30.7 Å². The quantitative estimate of drug-likeness (QED) is 0.672. The lowest BCUT2D eigenvalue weighted by atomic mass is 10.2. The maximum absolute atomic E-state index is 12.2. The molecule has 4 rings (SSSR count). The highest BCUT2D eigenvalue weighted by Crippen LogP contribution is 2.31. The molecular formula is C20H18N2O4S. The van der Waals surface area contributed by atoms with E-state index in [2.05, 4.69) is 10.3 Å². The minimum atomic E-state index is -0.242. The van der Waals surface area contributed by atoms with Gasteiger partial charge in [0.1, 0.15) is 19.0 Å². The minimum Gasteiger partial charge on any atom is -0.494 e. The van der Waals surface area contributed by atoms with E-state index < -0.39 is 0 Å². The lowest BCUT2D eigenvalue weighted by Crippen LogP contribution is -2.15. The van der Waals surface area contributed by atoms with Gasteiger partial charge in [-0.3, -0.25) is 10.1 Å². The van der Waals surface area contributed by atoms with Crippen LogP contribution in [0.15, 0.2) is 42.5 Å². The van der Waals surface area contributed by atoms with E-state index in [1.807, 2.05) is 43.3 Å². The standard InChI is InChI=1S/C20H18N2O4S/c1-2-24-14-5-6-15-18(12-14)27-20(21-15)22-19(23)8-4-13-3-7-16-17(11-13)26-10-9-25-16/h3-8,11-12H,2,9-10H2,1H3,(H,21,22,23)/b8-4-. The third kappa shape index (κ3) is 4.03. The Morgan fingerprint density at radius 3 is 2.93 bits per heavy atom. The van der Waals surface area contributed by atoms with Crippen molar-refractivity contribution in [3.05, 3.63) is 48.0 Å². The molecular weight excluding hydrogens is 364 g/mol. The van der Waals surface area contributed by atoms with E-state index >= 15 is 0 Å². The second-order valence-corrected chi connectivity index (χ2v) is 6.84. The summed E-state index contributed by atoms with van der Waals surface area (Å²) in [5.41, 5.74) is 1.69. The van der Waals surface area contributed by atoms with Gasteiger partial charge in [0, 0.05) is 6.08 Å². The smallest absolute Gasteiger partial charge is 0.250 e. The molecule has 2 aromatic carbocycles. The first kappa shape index (κ1) is 17.4. The van der Waals surface area contributed by atoms with Crippen LogP contribution < -0.4 is 19.5 Å². The molecule has 1 N–H and O–H groups in total. The predicted molar refractivity (Wildman–Crippen MR) is 106 cm³/mol. The number of thiazole rings is 1. The number of carbonyl (C=O) groups is 1. The molecule has 0 unspecified atom stereocenters. The molecule has 0 saturated carbocycles. The molecule has 7 heteroatoms. The van der Waals surface area contributed by atoms with Gasteiger partial charge in [0.05, 0.1) is 16.8 Å². The first-order chi connectivity index (χ1) is 13.2. The SMILES string of the molecule is CCOc1ccc2nc(NC(=O)/C=C\c3ccc4c(c3)OCCO4)sc2c1. The predicted octanol–water partition coefficient (Wildman–Crippen LogP) is 4.12. The Bertz CT molecular complexity index is 1010. The zero-order valence-corrected chi connectivity index (χ0v) is 15.5. The zero-order chi connectivity index (χ0) is 18.6. The van der Waals surface area contributed by atoms with Crippen LogP contribution in [0.1, 0.15) is 12.5 Å². The van der Waals surface area contributed by atoms with Crippen LogP contribution in [0.5, 0.6) is 17.2 Å². The van der Waals surface area contributed by atoms with Crippen LogP contribution in [0.25, 0.3) is 16.3 Å². The number of carbonyl (C=O) groups excluding carboxylic acids is 1. The molecule has 138 valence electrons. The number of fused-ring (bicyclic) bond motifs is 2. The molecule has 1 aliphatic heterocycles.